The van der Waals surface area contributed by atoms with Crippen molar-refractivity contribution in [1.82, 2.24) is 5.32 Å². The number of aliphatic hydroxyl groups excluding tert-OH is 2. The number of carboxylic acid groups (broad SMARTS) is 1. The van der Waals surface area contributed by atoms with Crippen molar-refractivity contribution in [2.24, 2.45) is 0 Å². The van der Waals surface area contributed by atoms with Gasteiger partial charge in [0.05, 0.1) is 39.6 Å². The van der Waals surface area contributed by atoms with Gasteiger partial charge in [-0.1, -0.05) is 6.07 Å². The van der Waals surface area contributed by atoms with E-state index in [1.807, 2.05) is 0 Å². The van der Waals surface area contributed by atoms with Crippen LogP contribution in [0.4, 0.5) is 4.79 Å². The summed E-state index contributed by atoms with van der Waals surface area (Å²) in [4.78, 5) is 10.2. The van der Waals surface area contributed by atoms with Crippen LogP contribution in [0, 0.1) is 0 Å². The molecule has 0 saturated carbocycles. The van der Waals surface area contributed by atoms with Crippen LogP contribution >= 0.6 is 0 Å². The fourth-order valence-corrected chi connectivity index (χ4v) is 1.77. The summed E-state index contributed by atoms with van der Waals surface area (Å²) < 4.78 is 16.0. The number of benzene rings is 1. The minimum absolute atomic E-state index is 0.116. The molecule has 0 aliphatic heterocycles. The number of hydrogen-bond donors (Lipinski definition) is 4. The molecule has 8 heteroatoms. The summed E-state index contributed by atoms with van der Waals surface area (Å²) in [5, 5.41) is 28.8. The van der Waals surface area contributed by atoms with Gasteiger partial charge in [-0.15, -0.1) is 0 Å². The molecule has 0 saturated heterocycles. The Hall–Kier alpha value is -1.87. The van der Waals surface area contributed by atoms with E-state index in [2.05, 4.69) is 5.32 Å². The Kier molecular flexibility index (Phi) is 9.73. The maximum Gasteiger partial charge on any atom is 0.404 e. The van der Waals surface area contributed by atoms with Crippen LogP contribution in [0.2, 0.25) is 0 Å². The van der Waals surface area contributed by atoms with Gasteiger partial charge in [-0.25, -0.2) is 4.79 Å². The summed E-state index contributed by atoms with van der Waals surface area (Å²) in [5.41, 5.74) is 1.35. The van der Waals surface area contributed by atoms with E-state index in [1.165, 1.54) is 0 Å². The molecule has 23 heavy (non-hydrogen) atoms. The molecular formula is C15H23NO7. The molecule has 0 aromatic heterocycles. The van der Waals surface area contributed by atoms with Gasteiger partial charge >= 0.3 is 6.09 Å². The second kappa shape index (κ2) is 11.7. The average Bonchev–Trinajstić information content (AvgIpc) is 2.55. The van der Waals surface area contributed by atoms with Crippen LogP contribution in [0.25, 0.3) is 0 Å². The van der Waals surface area contributed by atoms with E-state index < -0.39 is 6.09 Å². The quantitative estimate of drug-likeness (QED) is 0.409. The highest BCUT2D eigenvalue weighted by atomic mass is 16.5. The first-order valence-electron chi connectivity index (χ1n) is 7.25. The van der Waals surface area contributed by atoms with Crippen LogP contribution in [0.5, 0.6) is 5.75 Å². The van der Waals surface area contributed by atoms with Crippen LogP contribution in [0.15, 0.2) is 18.2 Å². The highest BCUT2D eigenvalue weighted by molar-refractivity contribution is 5.64. The lowest BCUT2D eigenvalue weighted by Gasteiger charge is -2.10. The number of nitrogens with one attached hydrogen (secondary N) is 1. The van der Waals surface area contributed by atoms with Crippen LogP contribution < -0.4 is 10.1 Å². The normalized spacial score (nSPS) is 10.5. The minimum Gasteiger partial charge on any atom is -0.491 e. The van der Waals surface area contributed by atoms with Crippen molar-refractivity contribution >= 4 is 6.09 Å². The molecule has 1 aromatic carbocycles. The average molecular weight is 329 g/mol. The summed E-state index contributed by atoms with van der Waals surface area (Å²) in [7, 11) is 0. The molecule has 130 valence electrons. The van der Waals surface area contributed by atoms with E-state index in [0.717, 1.165) is 0 Å². The molecule has 0 aliphatic rings. The first kappa shape index (κ1) is 19.2. The van der Waals surface area contributed by atoms with Crippen molar-refractivity contribution in [1.29, 1.82) is 0 Å². The zero-order chi connectivity index (χ0) is 16.9. The van der Waals surface area contributed by atoms with Gasteiger partial charge in [0.2, 0.25) is 0 Å². The van der Waals surface area contributed by atoms with Crippen molar-refractivity contribution < 1.29 is 34.3 Å². The van der Waals surface area contributed by atoms with Gasteiger partial charge in [0, 0.05) is 6.54 Å². The lowest BCUT2D eigenvalue weighted by molar-refractivity contribution is 0.0373. The van der Waals surface area contributed by atoms with E-state index in [9.17, 15) is 4.79 Å². The van der Waals surface area contributed by atoms with Gasteiger partial charge in [0.25, 0.3) is 0 Å². The fourth-order valence-electron chi connectivity index (χ4n) is 1.77. The molecule has 0 atom stereocenters. The van der Waals surface area contributed by atoms with Gasteiger partial charge in [0.1, 0.15) is 12.4 Å². The minimum atomic E-state index is -1.07. The molecular weight excluding hydrogens is 306 g/mol. The summed E-state index contributed by atoms with van der Waals surface area (Å²) in [5.74, 6) is 0.570. The van der Waals surface area contributed by atoms with E-state index in [0.29, 0.717) is 49.9 Å². The molecule has 4 N–H and O–H groups in total. The smallest absolute Gasteiger partial charge is 0.404 e. The molecule has 0 aliphatic carbocycles. The highest BCUT2D eigenvalue weighted by Gasteiger charge is 2.01. The van der Waals surface area contributed by atoms with Crippen LogP contribution in [0.1, 0.15) is 11.1 Å². The number of carbonyl (C=O) groups is 1. The van der Waals surface area contributed by atoms with E-state index >= 15 is 0 Å². The number of ether oxygens (including phenoxy) is 3. The molecule has 1 aromatic rings. The van der Waals surface area contributed by atoms with E-state index in [-0.39, 0.29) is 19.8 Å². The Morgan fingerprint density at radius 1 is 0.913 bits per heavy atom. The maximum atomic E-state index is 10.2. The van der Waals surface area contributed by atoms with Crippen molar-refractivity contribution in [3.63, 3.8) is 0 Å². The predicted molar refractivity (Wildman–Crippen MR) is 81.4 cm³/mol. The lowest BCUT2D eigenvalue weighted by atomic mass is 10.1. The Balaban J connectivity index is 2.08. The molecule has 0 radical (unpaired) electrons. The third kappa shape index (κ3) is 8.99. The molecule has 0 unspecified atom stereocenters. The van der Waals surface area contributed by atoms with Crippen molar-refractivity contribution in [2.75, 3.05) is 39.6 Å². The van der Waals surface area contributed by atoms with Crippen molar-refractivity contribution in [2.45, 2.75) is 13.2 Å². The Morgan fingerprint density at radius 3 is 2.04 bits per heavy atom. The molecule has 0 heterocycles. The molecule has 1 amide bonds. The third-order valence-electron chi connectivity index (χ3n) is 2.78. The molecule has 0 bridgehead atoms. The van der Waals surface area contributed by atoms with Gasteiger partial charge in [-0.05, 0) is 23.3 Å². The van der Waals surface area contributed by atoms with Crippen molar-refractivity contribution in [3.8, 4) is 5.75 Å². The summed E-state index contributed by atoms with van der Waals surface area (Å²) in [6.07, 6.45) is -1.07. The zero-order valence-corrected chi connectivity index (χ0v) is 12.9. The topological polar surface area (TPSA) is 117 Å². The molecule has 8 nitrogen and oxygen atoms in total. The fraction of sp³-hybridized carbons (Fsp3) is 0.533. The zero-order valence-electron chi connectivity index (χ0n) is 12.9. The largest absolute Gasteiger partial charge is 0.491 e. The summed E-state index contributed by atoms with van der Waals surface area (Å²) >= 11 is 0. The molecule has 0 fully saturated rings. The SMILES string of the molecule is O=C(O)NCCOCCOCCOc1cc(CO)cc(CO)c1. The van der Waals surface area contributed by atoms with Crippen LogP contribution in [0.3, 0.4) is 0 Å². The highest BCUT2D eigenvalue weighted by Crippen LogP contribution is 2.17. The predicted octanol–water partition coefficient (Wildman–Crippen LogP) is 0.351. The van der Waals surface area contributed by atoms with Crippen LogP contribution in [-0.2, 0) is 22.7 Å². The van der Waals surface area contributed by atoms with E-state index in [1.54, 1.807) is 18.2 Å². The number of rotatable bonds is 12. The maximum absolute atomic E-state index is 10.2. The summed E-state index contributed by atoms with van der Waals surface area (Å²) in [6, 6.07) is 5.12. The standard InChI is InChI=1S/C15H23NO7/c17-10-12-7-13(11-18)9-14(8-12)23-6-5-22-4-3-21-2-1-16-15(19)20/h7-9,16-18H,1-6,10-11H2,(H,19,20). The molecule has 0 spiro atoms. The third-order valence-corrected chi connectivity index (χ3v) is 2.78. The Morgan fingerprint density at radius 2 is 1.48 bits per heavy atom. The molecule has 1 rings (SSSR count). The van der Waals surface area contributed by atoms with Gasteiger partial charge < -0.3 is 34.8 Å². The van der Waals surface area contributed by atoms with E-state index in [4.69, 9.17) is 29.5 Å². The van der Waals surface area contributed by atoms with Crippen LogP contribution in [-0.4, -0.2) is 61.0 Å². The second-order valence-corrected chi connectivity index (χ2v) is 4.61. The number of aliphatic hydroxyl groups is 2. The lowest BCUT2D eigenvalue weighted by Crippen LogP contribution is -2.25. The Labute approximate surface area is 134 Å². The van der Waals surface area contributed by atoms with Gasteiger partial charge in [0.15, 0.2) is 0 Å². The number of amides is 1. The summed E-state index contributed by atoms with van der Waals surface area (Å²) in [6.45, 7) is 1.76. The van der Waals surface area contributed by atoms with Gasteiger partial charge in [-0.2, -0.15) is 0 Å². The van der Waals surface area contributed by atoms with Gasteiger partial charge in [-0.3, -0.25) is 0 Å². The Bertz CT molecular complexity index is 445. The first-order valence-corrected chi connectivity index (χ1v) is 7.25. The number of hydrogen-bond acceptors (Lipinski definition) is 6. The monoisotopic (exact) mass is 329 g/mol. The first-order chi connectivity index (χ1) is 11.2. The second-order valence-electron chi connectivity index (χ2n) is 4.61. The van der Waals surface area contributed by atoms with Crippen molar-refractivity contribution in [3.05, 3.63) is 29.3 Å².